The normalized spacial score (nSPS) is 12.9. The molecule has 4 heterocycles. The van der Waals surface area contributed by atoms with Gasteiger partial charge in [-0.1, -0.05) is 104 Å². The number of fused-ring (bicyclic) bond motifs is 7. The van der Waals surface area contributed by atoms with E-state index in [1.54, 1.807) is 0 Å². The molecular formula is C49H39N4O2Pt-3. The largest absolute Gasteiger partial charge is 0.514 e. The first-order valence-electron chi connectivity index (χ1n) is 18.7. The van der Waals surface area contributed by atoms with Crippen LogP contribution in [0.3, 0.4) is 0 Å². The number of rotatable bonds is 5. The van der Waals surface area contributed by atoms with Crippen molar-refractivity contribution in [1.29, 1.82) is 0 Å². The number of aryl methyl sites for hydroxylation is 3. The van der Waals surface area contributed by atoms with Gasteiger partial charge >= 0.3 is 0 Å². The fourth-order valence-electron chi connectivity index (χ4n) is 8.27. The van der Waals surface area contributed by atoms with E-state index in [0.29, 0.717) is 11.5 Å². The third-order valence-electron chi connectivity index (χ3n) is 10.7. The molecular weight excluding hydrogens is 872 g/mol. The van der Waals surface area contributed by atoms with Crippen LogP contribution in [0.1, 0.15) is 43.0 Å². The van der Waals surface area contributed by atoms with Crippen molar-refractivity contribution in [3.8, 4) is 17.3 Å². The van der Waals surface area contributed by atoms with Crippen LogP contribution >= 0.6 is 0 Å². The smallest absolute Gasteiger partial charge is 0.135 e. The van der Waals surface area contributed by atoms with Crippen LogP contribution < -0.4 is 14.5 Å². The zero-order valence-corrected chi connectivity index (χ0v) is 34.3. The Morgan fingerprint density at radius 1 is 0.679 bits per heavy atom. The molecule has 0 unspecified atom stereocenters. The molecule has 56 heavy (non-hydrogen) atoms. The number of aromatic nitrogens is 2. The second-order valence-corrected chi connectivity index (χ2v) is 15.6. The molecule has 0 atom stereocenters. The van der Waals surface area contributed by atoms with Crippen LogP contribution in [0.15, 0.2) is 126 Å². The van der Waals surface area contributed by atoms with E-state index in [0.717, 1.165) is 72.3 Å². The maximum Gasteiger partial charge on any atom is 0.135 e. The SMILES string of the molecule is Cc1cc(C)c(N2[CH-]N(c3[c-]c(Oc4[c-]c5c(cc4)c4ccccc4n5-c4cc(C(C)(C)C)ccn4)cc4c3oc3ccccc34)c3ccccc32)c(C)c1.[Pt]. The van der Waals surface area contributed by atoms with Crippen molar-refractivity contribution < 1.29 is 30.2 Å². The number of benzene rings is 6. The van der Waals surface area contributed by atoms with Crippen molar-refractivity contribution in [1.82, 2.24) is 9.55 Å². The topological polar surface area (TPSA) is 46.7 Å². The van der Waals surface area contributed by atoms with Gasteiger partial charge in [-0.2, -0.15) is 6.07 Å². The van der Waals surface area contributed by atoms with Crippen molar-refractivity contribution >= 4 is 66.5 Å². The van der Waals surface area contributed by atoms with Gasteiger partial charge in [0.1, 0.15) is 11.4 Å². The molecule has 0 radical (unpaired) electrons. The van der Waals surface area contributed by atoms with Gasteiger partial charge in [0.2, 0.25) is 0 Å². The Morgan fingerprint density at radius 2 is 1.38 bits per heavy atom. The molecule has 0 saturated heterocycles. The molecule has 0 amide bonds. The summed E-state index contributed by atoms with van der Waals surface area (Å²) in [6.07, 6.45) is 1.90. The Morgan fingerprint density at radius 3 is 2.14 bits per heavy atom. The van der Waals surface area contributed by atoms with E-state index in [1.807, 2.05) is 36.5 Å². The fourth-order valence-corrected chi connectivity index (χ4v) is 8.27. The van der Waals surface area contributed by atoms with Crippen molar-refractivity contribution in [3.05, 3.63) is 163 Å². The molecule has 10 rings (SSSR count). The van der Waals surface area contributed by atoms with Crippen molar-refractivity contribution in [2.45, 2.75) is 47.0 Å². The minimum absolute atomic E-state index is 0. The minimum atomic E-state index is -0.0278. The van der Waals surface area contributed by atoms with Gasteiger partial charge in [-0.25, -0.2) is 4.98 Å². The van der Waals surface area contributed by atoms with E-state index < -0.39 is 0 Å². The van der Waals surface area contributed by atoms with Gasteiger partial charge in [-0.3, -0.25) is 0 Å². The second-order valence-electron chi connectivity index (χ2n) is 15.6. The first-order chi connectivity index (χ1) is 26.6. The molecule has 0 fully saturated rings. The molecule has 7 heteroatoms. The van der Waals surface area contributed by atoms with E-state index in [2.05, 4.69) is 160 Å². The molecule has 0 N–H and O–H groups in total. The molecule has 3 aromatic heterocycles. The van der Waals surface area contributed by atoms with Gasteiger partial charge in [0.05, 0.1) is 0 Å². The van der Waals surface area contributed by atoms with Crippen LogP contribution in [0.25, 0.3) is 49.6 Å². The van der Waals surface area contributed by atoms with Crippen molar-refractivity contribution in [2.24, 2.45) is 0 Å². The van der Waals surface area contributed by atoms with Gasteiger partial charge in [0, 0.05) is 72.3 Å². The van der Waals surface area contributed by atoms with E-state index in [1.165, 1.54) is 22.3 Å². The predicted molar refractivity (Wildman–Crippen MR) is 224 cm³/mol. The predicted octanol–water partition coefficient (Wildman–Crippen LogP) is 13.1. The molecule has 6 nitrogen and oxygen atoms in total. The summed E-state index contributed by atoms with van der Waals surface area (Å²) in [4.78, 5) is 9.30. The van der Waals surface area contributed by atoms with Gasteiger partial charge in [-0.05, 0) is 84.7 Å². The molecule has 1 aliphatic rings. The summed E-state index contributed by atoms with van der Waals surface area (Å²) in [6, 6.07) is 47.2. The van der Waals surface area contributed by atoms with Crippen LogP contribution in [0.5, 0.6) is 11.5 Å². The van der Waals surface area contributed by atoms with E-state index in [-0.39, 0.29) is 26.5 Å². The van der Waals surface area contributed by atoms with Gasteiger partial charge in [-0.15, -0.1) is 36.3 Å². The molecule has 280 valence electrons. The molecule has 0 aliphatic carbocycles. The Labute approximate surface area is 341 Å². The molecule has 6 aromatic carbocycles. The van der Waals surface area contributed by atoms with E-state index >= 15 is 0 Å². The van der Waals surface area contributed by atoms with Gasteiger partial charge in [0.25, 0.3) is 0 Å². The summed E-state index contributed by atoms with van der Waals surface area (Å²) < 4.78 is 15.6. The van der Waals surface area contributed by atoms with Crippen molar-refractivity contribution in [3.63, 3.8) is 0 Å². The number of ether oxygens (including phenoxy) is 1. The maximum atomic E-state index is 6.79. The summed E-state index contributed by atoms with van der Waals surface area (Å²) >= 11 is 0. The third kappa shape index (κ3) is 5.78. The molecule has 1 aliphatic heterocycles. The van der Waals surface area contributed by atoms with Crippen LogP contribution in [0.2, 0.25) is 0 Å². The molecule has 0 spiro atoms. The average Bonchev–Trinajstić information content (AvgIpc) is 3.84. The summed E-state index contributed by atoms with van der Waals surface area (Å²) in [5, 5.41) is 4.17. The van der Waals surface area contributed by atoms with Crippen LogP contribution in [-0.2, 0) is 26.5 Å². The van der Waals surface area contributed by atoms with Crippen LogP contribution in [-0.4, -0.2) is 9.55 Å². The number of hydrogen-bond acceptors (Lipinski definition) is 5. The van der Waals surface area contributed by atoms with E-state index in [9.17, 15) is 0 Å². The van der Waals surface area contributed by atoms with Gasteiger partial charge in [0.15, 0.2) is 0 Å². The first-order valence-corrected chi connectivity index (χ1v) is 18.7. The Bertz CT molecular complexity index is 2970. The quantitative estimate of drug-likeness (QED) is 0.161. The number of pyridine rings is 1. The van der Waals surface area contributed by atoms with E-state index in [4.69, 9.17) is 14.1 Å². The Kier molecular flexibility index (Phi) is 8.59. The maximum absolute atomic E-state index is 6.79. The number of hydrogen-bond donors (Lipinski definition) is 0. The second kappa shape index (κ2) is 13.4. The number of anilines is 4. The Hall–Kier alpha value is -5.84. The minimum Gasteiger partial charge on any atom is -0.514 e. The number of nitrogens with zero attached hydrogens (tertiary/aromatic N) is 4. The van der Waals surface area contributed by atoms with Crippen molar-refractivity contribution in [2.75, 3.05) is 9.80 Å². The number of furan rings is 1. The van der Waals surface area contributed by atoms with Gasteiger partial charge < -0.3 is 23.5 Å². The zero-order chi connectivity index (χ0) is 37.6. The first kappa shape index (κ1) is 35.8. The zero-order valence-electron chi connectivity index (χ0n) is 32.0. The van der Waals surface area contributed by atoms with Crippen LogP contribution in [0.4, 0.5) is 22.7 Å². The summed E-state index contributed by atoms with van der Waals surface area (Å²) in [6.45, 7) is 15.3. The third-order valence-corrected chi connectivity index (χ3v) is 10.7. The average molecular weight is 911 g/mol. The molecule has 9 aromatic rings. The molecule has 0 bridgehead atoms. The van der Waals surface area contributed by atoms with Crippen LogP contribution in [0, 0.1) is 39.6 Å². The summed E-state index contributed by atoms with van der Waals surface area (Å²) in [5.74, 6) is 1.99. The molecule has 0 saturated carbocycles. The summed E-state index contributed by atoms with van der Waals surface area (Å²) in [7, 11) is 0. The Balaban J connectivity index is 0.00000410. The standard InChI is InChI=1S/C49H39N4O2.Pt/c1-30-23-31(2)47(32(3)24-30)52-29-51(41-16-10-11-17-42(41)52)44-28-35(26-39-38-14-8-12-18-45(38)55-48(39)44)54-34-19-20-37-36-13-7-9-15-40(36)53(43(37)27-34)46-25-33(21-22-50-46)49(4,5)6;/h7-26,29H,1-6H3;/q-3;. The number of para-hydroxylation sites is 4. The monoisotopic (exact) mass is 910 g/mol. The summed E-state index contributed by atoms with van der Waals surface area (Å²) in [5.41, 5.74) is 12.4. The fraction of sp³-hybridized carbons (Fsp3) is 0.143.